The third kappa shape index (κ3) is 3.27. The predicted molar refractivity (Wildman–Crippen MR) is 147 cm³/mol. The van der Waals surface area contributed by atoms with Gasteiger partial charge in [-0.05, 0) is 87.4 Å². The maximum Gasteiger partial charge on any atom is 0.268 e. The second-order valence-electron chi connectivity index (χ2n) is 10.8. The zero-order valence-corrected chi connectivity index (χ0v) is 23.0. The van der Waals surface area contributed by atoms with Crippen molar-refractivity contribution in [2.75, 3.05) is 0 Å². The first-order valence-corrected chi connectivity index (χ1v) is 14.2. The van der Waals surface area contributed by atoms with Crippen molar-refractivity contribution in [2.45, 2.75) is 64.4 Å². The lowest BCUT2D eigenvalue weighted by Crippen LogP contribution is -2.33. The third-order valence-electron chi connectivity index (χ3n) is 8.32. The number of aryl methyl sites for hydroxylation is 5. The third-order valence-corrected chi connectivity index (χ3v) is 10.00. The largest absolute Gasteiger partial charge is 0.381 e. The lowest BCUT2D eigenvalue weighted by molar-refractivity contribution is 0.0644. The van der Waals surface area contributed by atoms with E-state index in [4.69, 9.17) is 4.98 Å². The van der Waals surface area contributed by atoms with Crippen LogP contribution in [0.5, 0.6) is 0 Å². The Kier molecular flexibility index (Phi) is 5.26. The van der Waals surface area contributed by atoms with Crippen molar-refractivity contribution < 1.29 is 13.5 Å². The van der Waals surface area contributed by atoms with Crippen molar-refractivity contribution in [3.8, 4) is 6.07 Å². The second-order valence-corrected chi connectivity index (χ2v) is 12.6. The first-order chi connectivity index (χ1) is 18.0. The minimum atomic E-state index is -3.83. The van der Waals surface area contributed by atoms with Crippen LogP contribution in [0, 0.1) is 45.9 Å². The zero-order chi connectivity index (χ0) is 27.1. The lowest BCUT2D eigenvalue weighted by atomic mass is 9.73. The number of nitriles is 1. The summed E-state index contributed by atoms with van der Waals surface area (Å²) in [6, 6.07) is 11.1. The molecule has 4 aromatic rings. The van der Waals surface area contributed by atoms with Crippen LogP contribution in [0.15, 0.2) is 47.0 Å². The first kappa shape index (κ1) is 24.6. The summed E-state index contributed by atoms with van der Waals surface area (Å²) in [7, 11) is -3.83. The summed E-state index contributed by atoms with van der Waals surface area (Å²) in [5.41, 5.74) is 8.58. The summed E-state index contributed by atoms with van der Waals surface area (Å²) < 4.78 is 29.0. The van der Waals surface area contributed by atoms with Crippen LogP contribution in [0.25, 0.3) is 17.0 Å². The van der Waals surface area contributed by atoms with Gasteiger partial charge in [-0.2, -0.15) is 5.26 Å². The number of fused-ring (bicyclic) bond motifs is 1. The van der Waals surface area contributed by atoms with Gasteiger partial charge in [0.25, 0.3) is 10.0 Å². The topological polar surface area (TPSA) is 96.0 Å². The van der Waals surface area contributed by atoms with E-state index >= 15 is 0 Å². The Hall–Kier alpha value is -3.73. The van der Waals surface area contributed by atoms with Crippen LogP contribution in [0.3, 0.4) is 0 Å². The normalized spacial score (nSPS) is 18.4. The van der Waals surface area contributed by atoms with Crippen LogP contribution >= 0.6 is 0 Å². The summed E-state index contributed by atoms with van der Waals surface area (Å²) in [6.45, 7) is 9.61. The highest BCUT2D eigenvalue weighted by atomic mass is 32.2. The summed E-state index contributed by atoms with van der Waals surface area (Å²) in [4.78, 5) is 4.94. The molecule has 0 bridgehead atoms. The number of pyridine rings is 1. The molecule has 0 saturated heterocycles. The number of aromatic nitrogens is 2. The van der Waals surface area contributed by atoms with Crippen molar-refractivity contribution in [3.63, 3.8) is 0 Å². The summed E-state index contributed by atoms with van der Waals surface area (Å²) in [5.74, 6) is 0. The molecule has 2 aliphatic rings. The smallest absolute Gasteiger partial charge is 0.268 e. The van der Waals surface area contributed by atoms with Gasteiger partial charge in [-0.1, -0.05) is 29.8 Å². The summed E-state index contributed by atoms with van der Waals surface area (Å²) in [6.07, 6.45) is 5.21. The molecule has 38 heavy (non-hydrogen) atoms. The number of hydrogen-bond donors (Lipinski definition) is 1. The number of benzene rings is 2. The molecular weight excluding hydrogens is 494 g/mol. The van der Waals surface area contributed by atoms with E-state index < -0.39 is 15.6 Å². The monoisotopic (exact) mass is 523 g/mol. The van der Waals surface area contributed by atoms with E-state index in [9.17, 15) is 18.8 Å². The van der Waals surface area contributed by atoms with Gasteiger partial charge in [-0.15, -0.1) is 0 Å². The fourth-order valence-corrected chi connectivity index (χ4v) is 7.90. The average molecular weight is 524 g/mol. The summed E-state index contributed by atoms with van der Waals surface area (Å²) >= 11 is 0. The molecule has 0 aliphatic heterocycles. The van der Waals surface area contributed by atoms with Gasteiger partial charge in [-0.3, -0.25) is 4.98 Å². The molecule has 1 N–H and O–H groups in total. The Balaban J connectivity index is 1.57. The SMILES string of the molecule is Cc1ccc(S(=O)(=O)n2cc3c4c(c(C)cc(C)c42)C(O)(C2=Cc4c(nc(C)c(C#N)c4C)C2)CC3)cc1. The fraction of sp³-hybridized carbons (Fsp3) is 0.290. The van der Waals surface area contributed by atoms with Gasteiger partial charge in [0.1, 0.15) is 11.7 Å². The quantitative estimate of drug-likeness (QED) is 0.385. The van der Waals surface area contributed by atoms with E-state index in [-0.39, 0.29) is 4.90 Å². The Morgan fingerprint density at radius 1 is 1.08 bits per heavy atom. The molecule has 0 fully saturated rings. The summed E-state index contributed by atoms with van der Waals surface area (Å²) in [5, 5.41) is 22.8. The van der Waals surface area contributed by atoms with Crippen molar-refractivity contribution in [1.82, 2.24) is 8.96 Å². The van der Waals surface area contributed by atoms with E-state index in [0.29, 0.717) is 36.0 Å². The van der Waals surface area contributed by atoms with Crippen LogP contribution in [-0.2, 0) is 28.5 Å². The van der Waals surface area contributed by atoms with E-state index in [0.717, 1.165) is 55.6 Å². The highest BCUT2D eigenvalue weighted by molar-refractivity contribution is 7.90. The average Bonchev–Trinajstić information content (AvgIpc) is 3.47. The van der Waals surface area contributed by atoms with Gasteiger partial charge >= 0.3 is 0 Å². The fourth-order valence-electron chi connectivity index (χ4n) is 6.45. The molecule has 6 rings (SSSR count). The minimum Gasteiger partial charge on any atom is -0.381 e. The molecule has 2 aromatic heterocycles. The molecule has 2 aliphatic carbocycles. The van der Waals surface area contributed by atoms with Crippen LogP contribution in [0.1, 0.15) is 62.3 Å². The van der Waals surface area contributed by atoms with Gasteiger partial charge in [-0.25, -0.2) is 12.4 Å². The molecule has 2 aromatic carbocycles. The van der Waals surface area contributed by atoms with Gasteiger partial charge < -0.3 is 5.11 Å². The number of rotatable bonds is 3. The maximum atomic E-state index is 13.8. The molecule has 0 radical (unpaired) electrons. The molecule has 1 unspecified atom stereocenters. The van der Waals surface area contributed by atoms with Crippen LogP contribution in [-0.4, -0.2) is 22.5 Å². The molecule has 1 atom stereocenters. The Morgan fingerprint density at radius 3 is 2.47 bits per heavy atom. The Morgan fingerprint density at radius 2 is 1.79 bits per heavy atom. The van der Waals surface area contributed by atoms with Crippen molar-refractivity contribution in [1.29, 1.82) is 5.26 Å². The molecular formula is C31H29N3O3S. The van der Waals surface area contributed by atoms with Gasteiger partial charge in [0, 0.05) is 29.1 Å². The zero-order valence-electron chi connectivity index (χ0n) is 22.2. The molecule has 0 amide bonds. The van der Waals surface area contributed by atoms with Gasteiger partial charge in [0.15, 0.2) is 0 Å². The van der Waals surface area contributed by atoms with E-state index in [2.05, 4.69) is 6.07 Å². The van der Waals surface area contributed by atoms with Crippen molar-refractivity contribution in [3.05, 3.63) is 98.0 Å². The molecule has 2 heterocycles. The first-order valence-electron chi connectivity index (χ1n) is 12.8. The number of nitrogens with zero attached hydrogens (tertiary/aromatic N) is 3. The molecule has 7 heteroatoms. The molecule has 192 valence electrons. The lowest BCUT2D eigenvalue weighted by Gasteiger charge is -2.36. The maximum absolute atomic E-state index is 13.8. The minimum absolute atomic E-state index is 0.238. The van der Waals surface area contributed by atoms with Crippen LogP contribution in [0.2, 0.25) is 0 Å². The standard InChI is InChI=1S/C31H29N3O3S/c1-17-6-8-24(9-7-17)38(36,37)34-16-22-10-11-31(35,29-18(2)12-19(3)30(34)28(22)29)23-13-25-20(4)26(15-32)21(5)33-27(25)14-23/h6-9,12-13,16,35H,10-11,14H2,1-5H3. The molecule has 0 saturated carbocycles. The number of hydrogen-bond acceptors (Lipinski definition) is 5. The number of aliphatic hydroxyl groups is 1. The Labute approximate surface area is 222 Å². The van der Waals surface area contributed by atoms with Crippen LogP contribution < -0.4 is 0 Å². The van der Waals surface area contributed by atoms with E-state index in [1.54, 1.807) is 30.5 Å². The van der Waals surface area contributed by atoms with Crippen molar-refractivity contribution in [2.24, 2.45) is 0 Å². The Bertz CT molecular complexity index is 1870. The van der Waals surface area contributed by atoms with Crippen molar-refractivity contribution >= 4 is 27.0 Å². The van der Waals surface area contributed by atoms with E-state index in [1.807, 2.05) is 46.8 Å². The predicted octanol–water partition coefficient (Wildman–Crippen LogP) is 5.46. The molecule has 6 nitrogen and oxygen atoms in total. The molecule has 0 spiro atoms. The van der Waals surface area contributed by atoms with Gasteiger partial charge in [0.05, 0.1) is 27.4 Å². The van der Waals surface area contributed by atoms with E-state index in [1.165, 1.54) is 3.97 Å². The highest BCUT2D eigenvalue weighted by Gasteiger charge is 2.43. The second kappa shape index (κ2) is 8.13. The van der Waals surface area contributed by atoms with Crippen LogP contribution in [0.4, 0.5) is 0 Å². The van der Waals surface area contributed by atoms with Gasteiger partial charge in [0.2, 0.25) is 0 Å². The highest BCUT2D eigenvalue weighted by Crippen LogP contribution is 2.50.